The highest BCUT2D eigenvalue weighted by molar-refractivity contribution is 7.99. The average molecular weight is 380 g/mol. The highest BCUT2D eigenvalue weighted by Gasteiger charge is 2.25. The van der Waals surface area contributed by atoms with Gasteiger partial charge < -0.3 is 20.1 Å². The van der Waals surface area contributed by atoms with Gasteiger partial charge >= 0.3 is 0 Å². The lowest BCUT2D eigenvalue weighted by Crippen LogP contribution is -2.52. The van der Waals surface area contributed by atoms with Crippen LogP contribution in [0.25, 0.3) is 0 Å². The van der Waals surface area contributed by atoms with Gasteiger partial charge in [-0.25, -0.2) is 0 Å². The van der Waals surface area contributed by atoms with Gasteiger partial charge in [0.05, 0.1) is 0 Å². The molecule has 0 aromatic heterocycles. The fourth-order valence-electron chi connectivity index (χ4n) is 3.33. The molecular weight excluding hydrogens is 350 g/mol. The van der Waals surface area contributed by atoms with E-state index in [4.69, 9.17) is 4.74 Å². The van der Waals surface area contributed by atoms with Gasteiger partial charge in [0.25, 0.3) is 0 Å². The molecule has 6 nitrogen and oxygen atoms in total. The number of para-hydroxylation sites is 1. The Morgan fingerprint density at radius 1 is 1.27 bits per heavy atom. The van der Waals surface area contributed by atoms with E-state index >= 15 is 0 Å². The van der Waals surface area contributed by atoms with E-state index in [9.17, 15) is 9.90 Å². The molecule has 1 aromatic rings. The van der Waals surface area contributed by atoms with Gasteiger partial charge in [-0.1, -0.05) is 18.2 Å². The first-order valence-corrected chi connectivity index (χ1v) is 10.5. The lowest BCUT2D eigenvalue weighted by Gasteiger charge is -2.36. The van der Waals surface area contributed by atoms with E-state index in [0.717, 1.165) is 50.0 Å². The van der Waals surface area contributed by atoms with Crippen LogP contribution >= 0.6 is 11.8 Å². The minimum Gasteiger partial charge on any atom is -0.491 e. The molecule has 2 atom stereocenters. The van der Waals surface area contributed by atoms with E-state index in [0.29, 0.717) is 19.0 Å². The number of aliphatic hydroxyl groups excluding tert-OH is 1. The first kappa shape index (κ1) is 19.5. The second-order valence-corrected chi connectivity index (χ2v) is 8.04. The number of carbonyl (C=O) groups is 1. The maximum Gasteiger partial charge on any atom is 0.224 e. The predicted octanol–water partition coefficient (Wildman–Crippen LogP) is 0.666. The van der Waals surface area contributed by atoms with Crippen LogP contribution in [-0.2, 0) is 4.79 Å². The Morgan fingerprint density at radius 3 is 2.73 bits per heavy atom. The molecule has 2 fully saturated rings. The zero-order valence-corrected chi connectivity index (χ0v) is 16.0. The first-order chi connectivity index (χ1) is 12.7. The van der Waals surface area contributed by atoms with Gasteiger partial charge in [0.1, 0.15) is 18.5 Å². The minimum atomic E-state index is -0.527. The van der Waals surface area contributed by atoms with E-state index in [1.54, 1.807) is 0 Å². The molecule has 2 aliphatic rings. The largest absolute Gasteiger partial charge is 0.491 e. The fraction of sp³-hybridized carbons (Fsp3) is 0.632. The van der Waals surface area contributed by atoms with Crippen LogP contribution in [0, 0.1) is 0 Å². The summed E-state index contributed by atoms with van der Waals surface area (Å²) >= 11 is 1.92. The van der Waals surface area contributed by atoms with Crippen molar-refractivity contribution in [3.63, 3.8) is 0 Å². The Balaban J connectivity index is 1.33. The van der Waals surface area contributed by atoms with Gasteiger partial charge in [-0.05, 0) is 12.1 Å². The van der Waals surface area contributed by atoms with Crippen LogP contribution in [0.4, 0.5) is 0 Å². The van der Waals surface area contributed by atoms with E-state index in [1.807, 2.05) is 47.0 Å². The Morgan fingerprint density at radius 2 is 2.04 bits per heavy atom. The van der Waals surface area contributed by atoms with Crippen molar-refractivity contribution in [3.8, 4) is 5.75 Å². The number of β-amino-alcohol motifs (C(OH)–C–C–N with tert-alkyl or cyclic N) is 1. The molecule has 2 unspecified atom stereocenters. The Kier molecular flexibility index (Phi) is 7.61. The third kappa shape index (κ3) is 6.16. The van der Waals surface area contributed by atoms with Gasteiger partial charge in [-0.2, -0.15) is 11.8 Å². The van der Waals surface area contributed by atoms with Gasteiger partial charge in [0.2, 0.25) is 5.91 Å². The lowest BCUT2D eigenvalue weighted by atomic mass is 10.2. The normalized spacial score (nSPS) is 22.8. The van der Waals surface area contributed by atoms with Crippen molar-refractivity contribution in [2.75, 3.05) is 57.4 Å². The van der Waals surface area contributed by atoms with Crippen molar-refractivity contribution >= 4 is 17.7 Å². The van der Waals surface area contributed by atoms with Crippen LogP contribution in [0.1, 0.15) is 6.42 Å². The molecule has 0 spiro atoms. The van der Waals surface area contributed by atoms with Crippen molar-refractivity contribution < 1.29 is 14.6 Å². The predicted molar refractivity (Wildman–Crippen MR) is 105 cm³/mol. The second-order valence-electron chi connectivity index (χ2n) is 6.89. The zero-order valence-electron chi connectivity index (χ0n) is 15.2. The summed E-state index contributed by atoms with van der Waals surface area (Å²) in [4.78, 5) is 16.6. The van der Waals surface area contributed by atoms with Gasteiger partial charge in [0, 0.05) is 63.2 Å². The van der Waals surface area contributed by atoms with Crippen molar-refractivity contribution in [1.82, 2.24) is 15.1 Å². The number of nitrogens with zero attached hydrogens (tertiary/aromatic N) is 2. The number of amides is 1. The number of hydrogen-bond donors (Lipinski definition) is 2. The van der Waals surface area contributed by atoms with Crippen molar-refractivity contribution in [1.29, 1.82) is 0 Å². The van der Waals surface area contributed by atoms with E-state index in [-0.39, 0.29) is 12.5 Å². The molecule has 26 heavy (non-hydrogen) atoms. The average Bonchev–Trinajstić information content (AvgIpc) is 2.68. The van der Waals surface area contributed by atoms with Gasteiger partial charge in [-0.15, -0.1) is 0 Å². The van der Waals surface area contributed by atoms with Crippen molar-refractivity contribution in [2.24, 2.45) is 0 Å². The highest BCUT2D eigenvalue weighted by Crippen LogP contribution is 2.13. The number of nitrogens with one attached hydrogen (secondary N) is 1. The second kappa shape index (κ2) is 10.2. The molecule has 0 saturated carbocycles. The summed E-state index contributed by atoms with van der Waals surface area (Å²) in [7, 11) is 0. The van der Waals surface area contributed by atoms with Crippen molar-refractivity contribution in [2.45, 2.75) is 18.6 Å². The molecule has 3 rings (SSSR count). The molecule has 0 bridgehead atoms. The summed E-state index contributed by atoms with van der Waals surface area (Å²) in [6, 6.07) is 9.86. The smallest absolute Gasteiger partial charge is 0.224 e. The molecule has 7 heteroatoms. The number of benzene rings is 1. The standard InChI is InChI=1S/C19H29N3O3S/c23-17(14-25-18-4-2-1-3-5-18)13-21-7-9-22(10-8-21)19(24)12-16-15-26-11-6-20-16/h1-5,16-17,20,23H,6-15H2. The van der Waals surface area contributed by atoms with E-state index in [2.05, 4.69) is 10.2 Å². The van der Waals surface area contributed by atoms with Crippen LogP contribution in [0.5, 0.6) is 5.75 Å². The zero-order chi connectivity index (χ0) is 18.2. The van der Waals surface area contributed by atoms with Crippen LogP contribution in [0.2, 0.25) is 0 Å². The molecular formula is C19H29N3O3S. The lowest BCUT2D eigenvalue weighted by molar-refractivity contribution is -0.133. The molecule has 2 heterocycles. The van der Waals surface area contributed by atoms with Crippen LogP contribution in [0.15, 0.2) is 30.3 Å². The first-order valence-electron chi connectivity index (χ1n) is 9.38. The summed E-state index contributed by atoms with van der Waals surface area (Å²) in [6.45, 7) is 4.96. The van der Waals surface area contributed by atoms with Crippen LogP contribution in [-0.4, -0.2) is 90.3 Å². The molecule has 0 radical (unpaired) electrons. The van der Waals surface area contributed by atoms with Crippen LogP contribution < -0.4 is 10.1 Å². The molecule has 144 valence electrons. The molecule has 1 aromatic carbocycles. The topological polar surface area (TPSA) is 65.0 Å². The number of piperazine rings is 1. The fourth-order valence-corrected chi connectivity index (χ4v) is 4.28. The Bertz CT molecular complexity index is 546. The van der Waals surface area contributed by atoms with E-state index in [1.165, 1.54) is 0 Å². The molecule has 2 aliphatic heterocycles. The number of aliphatic hydroxyl groups is 1. The third-order valence-corrected chi connectivity index (χ3v) is 5.93. The summed E-state index contributed by atoms with van der Waals surface area (Å²) < 4.78 is 5.60. The van der Waals surface area contributed by atoms with Crippen LogP contribution in [0.3, 0.4) is 0 Å². The SMILES string of the molecule is O=C(CC1CSCCN1)N1CCN(CC(O)COc2ccccc2)CC1. The number of carbonyl (C=O) groups excluding carboxylic acids is 1. The maximum absolute atomic E-state index is 12.4. The van der Waals surface area contributed by atoms with Gasteiger partial charge in [0.15, 0.2) is 0 Å². The summed E-state index contributed by atoms with van der Waals surface area (Å²) in [5.41, 5.74) is 0. The summed E-state index contributed by atoms with van der Waals surface area (Å²) in [5, 5.41) is 13.6. The van der Waals surface area contributed by atoms with E-state index < -0.39 is 6.10 Å². The molecule has 2 saturated heterocycles. The Labute approximate surface area is 159 Å². The molecule has 1 amide bonds. The number of thioether (sulfide) groups is 1. The third-order valence-electron chi connectivity index (χ3n) is 4.80. The Hall–Kier alpha value is -1.28. The van der Waals surface area contributed by atoms with Gasteiger partial charge in [-0.3, -0.25) is 9.69 Å². The monoisotopic (exact) mass is 379 g/mol. The highest BCUT2D eigenvalue weighted by atomic mass is 32.2. The summed E-state index contributed by atoms with van der Waals surface area (Å²) in [5.74, 6) is 3.19. The minimum absolute atomic E-state index is 0.248. The maximum atomic E-state index is 12.4. The quantitative estimate of drug-likeness (QED) is 0.726. The summed E-state index contributed by atoms with van der Waals surface area (Å²) in [6.07, 6.45) is 0.0708. The number of rotatable bonds is 7. The molecule has 2 N–H and O–H groups in total. The molecule has 0 aliphatic carbocycles. The van der Waals surface area contributed by atoms with Crippen molar-refractivity contribution in [3.05, 3.63) is 30.3 Å². The number of ether oxygens (including phenoxy) is 1. The number of hydrogen-bond acceptors (Lipinski definition) is 6.